The van der Waals surface area contributed by atoms with Crippen molar-refractivity contribution in [2.45, 2.75) is 51.7 Å². The van der Waals surface area contributed by atoms with Crippen molar-refractivity contribution in [1.29, 1.82) is 0 Å². The molecule has 0 aliphatic heterocycles. The van der Waals surface area contributed by atoms with Gasteiger partial charge in [0, 0.05) is 44.0 Å². The molecule has 2 aromatic heterocycles. The lowest BCUT2D eigenvalue weighted by Gasteiger charge is -2.33. The van der Waals surface area contributed by atoms with Crippen molar-refractivity contribution in [3.05, 3.63) is 71.4 Å². The molecule has 0 spiro atoms. The number of nitrogens with zero attached hydrogens (tertiary/aromatic N) is 3. The summed E-state index contributed by atoms with van der Waals surface area (Å²) in [5.41, 5.74) is 3.44. The second-order valence-electron chi connectivity index (χ2n) is 8.35. The molecular weight excluding hydrogens is 390 g/mol. The van der Waals surface area contributed by atoms with Crippen LogP contribution in [0.25, 0.3) is 0 Å². The smallest absolute Gasteiger partial charge is 0.161 e. The topological polar surface area (TPSA) is 60.6 Å². The zero-order valence-corrected chi connectivity index (χ0v) is 18.6. The molecule has 2 heterocycles. The molecule has 164 valence electrons. The standard InChI is InChI=1S/C25H31N3O3/c1-18-13-22(31-27-18)15-21-5-4-6-23(21)28(16-19-9-11-26-12-10-19)17-20-7-8-24(29-2)25(14-20)30-3/h7-14,21,23H,4-6,15-17H2,1-3H3/t21-,23+/m0/s1. The summed E-state index contributed by atoms with van der Waals surface area (Å²) < 4.78 is 16.5. The van der Waals surface area contributed by atoms with Crippen molar-refractivity contribution in [2.75, 3.05) is 14.2 Å². The lowest BCUT2D eigenvalue weighted by molar-refractivity contribution is 0.138. The van der Waals surface area contributed by atoms with Crippen LogP contribution >= 0.6 is 0 Å². The number of aromatic nitrogens is 2. The fraction of sp³-hybridized carbons (Fsp3) is 0.440. The average molecular weight is 422 g/mol. The van der Waals surface area contributed by atoms with Crippen LogP contribution in [0.1, 0.15) is 41.8 Å². The molecule has 1 aliphatic carbocycles. The molecule has 0 saturated heterocycles. The Balaban J connectivity index is 1.57. The summed E-state index contributed by atoms with van der Waals surface area (Å²) >= 11 is 0. The fourth-order valence-corrected chi connectivity index (χ4v) is 4.73. The van der Waals surface area contributed by atoms with E-state index >= 15 is 0 Å². The third-order valence-electron chi connectivity index (χ3n) is 6.20. The van der Waals surface area contributed by atoms with Gasteiger partial charge in [-0.25, -0.2) is 0 Å². The molecule has 0 radical (unpaired) electrons. The molecule has 1 saturated carbocycles. The molecule has 6 nitrogen and oxygen atoms in total. The minimum atomic E-state index is 0.478. The number of hydrogen-bond acceptors (Lipinski definition) is 6. The maximum Gasteiger partial charge on any atom is 0.161 e. The average Bonchev–Trinajstić information content (AvgIpc) is 3.42. The van der Waals surface area contributed by atoms with Crippen LogP contribution in [0.15, 0.2) is 53.3 Å². The predicted molar refractivity (Wildman–Crippen MR) is 119 cm³/mol. The summed E-state index contributed by atoms with van der Waals surface area (Å²) in [4.78, 5) is 6.78. The van der Waals surface area contributed by atoms with Gasteiger partial charge in [0.15, 0.2) is 11.5 Å². The molecule has 1 aliphatic rings. The third-order valence-corrected chi connectivity index (χ3v) is 6.20. The summed E-state index contributed by atoms with van der Waals surface area (Å²) in [6.45, 7) is 3.71. The van der Waals surface area contributed by atoms with E-state index in [0.717, 1.165) is 42.5 Å². The van der Waals surface area contributed by atoms with E-state index in [0.29, 0.717) is 12.0 Å². The minimum absolute atomic E-state index is 0.478. The quantitative estimate of drug-likeness (QED) is 0.494. The van der Waals surface area contributed by atoms with Gasteiger partial charge in [0.25, 0.3) is 0 Å². The Kier molecular flexibility index (Phi) is 6.87. The first-order valence-electron chi connectivity index (χ1n) is 10.9. The molecule has 0 bridgehead atoms. The maximum atomic E-state index is 5.54. The number of hydrogen-bond donors (Lipinski definition) is 0. The molecule has 31 heavy (non-hydrogen) atoms. The van der Waals surface area contributed by atoms with Gasteiger partial charge in [-0.2, -0.15) is 0 Å². The zero-order chi connectivity index (χ0) is 21.6. The van der Waals surface area contributed by atoms with Gasteiger partial charge >= 0.3 is 0 Å². The van der Waals surface area contributed by atoms with E-state index in [2.05, 4.69) is 45.4 Å². The number of rotatable bonds is 9. The summed E-state index contributed by atoms with van der Waals surface area (Å²) in [6.07, 6.45) is 8.31. The predicted octanol–water partition coefficient (Wildman–Crippen LogP) is 4.81. The second kappa shape index (κ2) is 9.96. The van der Waals surface area contributed by atoms with Gasteiger partial charge in [-0.1, -0.05) is 17.6 Å². The number of methoxy groups -OCH3 is 2. The van der Waals surface area contributed by atoms with Crippen molar-refractivity contribution < 1.29 is 14.0 Å². The van der Waals surface area contributed by atoms with Crippen molar-refractivity contribution in [3.8, 4) is 11.5 Å². The Labute approximate surface area is 184 Å². The molecule has 6 heteroatoms. The molecular formula is C25H31N3O3. The SMILES string of the molecule is COc1ccc(CN(Cc2ccncc2)[C@@H]2CCC[C@H]2Cc2cc(C)no2)cc1OC. The normalized spacial score (nSPS) is 18.5. The lowest BCUT2D eigenvalue weighted by atomic mass is 9.95. The molecule has 4 rings (SSSR count). The van der Waals surface area contributed by atoms with Gasteiger partial charge in [0.2, 0.25) is 0 Å². The van der Waals surface area contributed by atoms with Crippen molar-refractivity contribution in [1.82, 2.24) is 15.0 Å². The van der Waals surface area contributed by atoms with E-state index in [-0.39, 0.29) is 0 Å². The van der Waals surface area contributed by atoms with Gasteiger partial charge in [-0.15, -0.1) is 0 Å². The van der Waals surface area contributed by atoms with Crippen LogP contribution < -0.4 is 9.47 Å². The van der Waals surface area contributed by atoms with Gasteiger partial charge in [-0.05, 0) is 61.1 Å². The van der Waals surface area contributed by atoms with Crippen LogP contribution in [0.5, 0.6) is 11.5 Å². The highest BCUT2D eigenvalue weighted by molar-refractivity contribution is 5.42. The van der Waals surface area contributed by atoms with Gasteiger partial charge < -0.3 is 14.0 Å². The van der Waals surface area contributed by atoms with E-state index in [4.69, 9.17) is 14.0 Å². The van der Waals surface area contributed by atoms with Crippen LogP contribution in [0.2, 0.25) is 0 Å². The molecule has 1 aromatic carbocycles. The summed E-state index contributed by atoms with van der Waals surface area (Å²) in [7, 11) is 3.35. The van der Waals surface area contributed by atoms with Gasteiger partial charge in [0.1, 0.15) is 5.76 Å². The van der Waals surface area contributed by atoms with Crippen LogP contribution in [-0.4, -0.2) is 35.3 Å². The second-order valence-corrected chi connectivity index (χ2v) is 8.35. The van der Waals surface area contributed by atoms with E-state index in [1.165, 1.54) is 30.4 Å². The number of pyridine rings is 1. The highest BCUT2D eigenvalue weighted by atomic mass is 16.5. The van der Waals surface area contributed by atoms with E-state index in [1.54, 1.807) is 14.2 Å². The van der Waals surface area contributed by atoms with Gasteiger partial charge in [-0.3, -0.25) is 9.88 Å². The first-order chi connectivity index (χ1) is 15.2. The summed E-state index contributed by atoms with van der Waals surface area (Å²) in [6, 6.07) is 13.0. The maximum absolute atomic E-state index is 5.54. The van der Waals surface area contributed by atoms with Crippen molar-refractivity contribution in [2.24, 2.45) is 5.92 Å². The Bertz CT molecular complexity index is 973. The number of ether oxygens (including phenoxy) is 2. The number of benzene rings is 1. The first-order valence-corrected chi connectivity index (χ1v) is 10.9. The molecule has 1 fully saturated rings. The van der Waals surface area contributed by atoms with Crippen LogP contribution in [0.3, 0.4) is 0 Å². The summed E-state index contributed by atoms with van der Waals surface area (Å²) in [5, 5.41) is 4.08. The summed E-state index contributed by atoms with van der Waals surface area (Å²) in [5.74, 6) is 3.06. The Morgan fingerprint density at radius 2 is 1.74 bits per heavy atom. The van der Waals surface area contributed by atoms with Crippen LogP contribution in [0.4, 0.5) is 0 Å². The largest absolute Gasteiger partial charge is 0.493 e. The highest BCUT2D eigenvalue weighted by Gasteiger charge is 2.33. The van der Waals surface area contributed by atoms with E-state index < -0.39 is 0 Å². The van der Waals surface area contributed by atoms with Crippen molar-refractivity contribution >= 4 is 0 Å². The minimum Gasteiger partial charge on any atom is -0.493 e. The molecule has 2 atom stereocenters. The Hall–Kier alpha value is -2.86. The zero-order valence-electron chi connectivity index (χ0n) is 18.6. The van der Waals surface area contributed by atoms with E-state index in [9.17, 15) is 0 Å². The van der Waals surface area contributed by atoms with Crippen LogP contribution in [0, 0.1) is 12.8 Å². The third kappa shape index (κ3) is 5.25. The lowest BCUT2D eigenvalue weighted by Crippen LogP contribution is -2.37. The molecule has 0 amide bonds. The van der Waals surface area contributed by atoms with Crippen molar-refractivity contribution in [3.63, 3.8) is 0 Å². The van der Waals surface area contributed by atoms with Gasteiger partial charge in [0.05, 0.1) is 19.9 Å². The number of aryl methyl sites for hydroxylation is 1. The highest BCUT2D eigenvalue weighted by Crippen LogP contribution is 2.35. The Morgan fingerprint density at radius 3 is 2.45 bits per heavy atom. The monoisotopic (exact) mass is 421 g/mol. The molecule has 3 aromatic rings. The van der Waals surface area contributed by atoms with E-state index in [1.807, 2.05) is 25.4 Å². The first kappa shape index (κ1) is 21.4. The Morgan fingerprint density at radius 1 is 0.968 bits per heavy atom. The molecule has 0 N–H and O–H groups in total. The fourth-order valence-electron chi connectivity index (χ4n) is 4.73. The van der Waals surface area contributed by atoms with Crippen LogP contribution in [-0.2, 0) is 19.5 Å². The molecule has 0 unspecified atom stereocenters.